The topological polar surface area (TPSA) is 67.2 Å². The SMILES string of the molecule is Cc1cccn2c(=O)c(/C=C3\SC(=S)N(CC(C)C)C3=O)c(N3C[C@@H](C)O[C@@H](C)C3)nc12. The minimum absolute atomic E-state index is 0.00738. The maximum absolute atomic E-state index is 13.6. The van der Waals surface area contributed by atoms with E-state index >= 15 is 0 Å². The number of thioether (sulfide) groups is 1. The zero-order chi connectivity index (χ0) is 23.2. The fraction of sp³-hybridized carbons (Fsp3) is 0.478. The van der Waals surface area contributed by atoms with E-state index in [9.17, 15) is 9.59 Å². The molecule has 2 aromatic heterocycles. The molecule has 2 atom stereocenters. The highest BCUT2D eigenvalue weighted by atomic mass is 32.2. The van der Waals surface area contributed by atoms with E-state index in [-0.39, 0.29) is 23.7 Å². The summed E-state index contributed by atoms with van der Waals surface area (Å²) in [6.07, 6.45) is 3.40. The van der Waals surface area contributed by atoms with Crippen molar-refractivity contribution in [3.8, 4) is 0 Å². The smallest absolute Gasteiger partial charge is 0.267 e. The zero-order valence-electron chi connectivity index (χ0n) is 19.0. The van der Waals surface area contributed by atoms with Gasteiger partial charge in [0.25, 0.3) is 11.5 Å². The molecule has 2 aliphatic heterocycles. The molecule has 4 rings (SSSR count). The normalized spacial score (nSPS) is 23.2. The average molecular weight is 473 g/mol. The zero-order valence-corrected chi connectivity index (χ0v) is 20.6. The van der Waals surface area contributed by atoms with E-state index in [1.807, 2.05) is 46.8 Å². The third kappa shape index (κ3) is 4.33. The molecule has 0 aromatic carbocycles. The predicted octanol–water partition coefficient (Wildman–Crippen LogP) is 3.47. The van der Waals surface area contributed by atoms with E-state index < -0.39 is 0 Å². The first-order valence-electron chi connectivity index (χ1n) is 10.8. The highest BCUT2D eigenvalue weighted by molar-refractivity contribution is 8.26. The monoisotopic (exact) mass is 472 g/mol. The number of fused-ring (bicyclic) bond motifs is 1. The number of hydrogen-bond donors (Lipinski definition) is 0. The largest absolute Gasteiger partial charge is 0.372 e. The Morgan fingerprint density at radius 3 is 2.62 bits per heavy atom. The van der Waals surface area contributed by atoms with Crippen LogP contribution < -0.4 is 10.5 Å². The van der Waals surface area contributed by atoms with Crippen LogP contribution in [-0.4, -0.2) is 56.4 Å². The van der Waals surface area contributed by atoms with Crippen molar-refractivity contribution in [2.75, 3.05) is 24.5 Å². The van der Waals surface area contributed by atoms with E-state index in [2.05, 4.69) is 4.90 Å². The molecule has 0 bridgehead atoms. The molecule has 1 amide bonds. The highest BCUT2D eigenvalue weighted by Gasteiger charge is 2.34. The number of anilines is 1. The van der Waals surface area contributed by atoms with Gasteiger partial charge in [-0.2, -0.15) is 0 Å². The van der Waals surface area contributed by atoms with Crippen LogP contribution >= 0.6 is 24.0 Å². The van der Waals surface area contributed by atoms with Gasteiger partial charge in [-0.05, 0) is 44.4 Å². The van der Waals surface area contributed by atoms with Crippen molar-refractivity contribution >= 4 is 51.7 Å². The summed E-state index contributed by atoms with van der Waals surface area (Å²) < 4.78 is 7.96. The Balaban J connectivity index is 1.87. The fourth-order valence-corrected chi connectivity index (χ4v) is 5.43. The number of pyridine rings is 1. The number of thiocarbonyl (C=S) groups is 1. The lowest BCUT2D eigenvalue weighted by molar-refractivity contribution is -0.122. The van der Waals surface area contributed by atoms with E-state index in [1.165, 1.54) is 11.8 Å². The van der Waals surface area contributed by atoms with Gasteiger partial charge < -0.3 is 9.64 Å². The van der Waals surface area contributed by atoms with Crippen molar-refractivity contribution in [1.82, 2.24) is 14.3 Å². The lowest BCUT2D eigenvalue weighted by atomic mass is 10.1. The van der Waals surface area contributed by atoms with Crippen LogP contribution in [0.5, 0.6) is 0 Å². The lowest BCUT2D eigenvalue weighted by Crippen LogP contribution is -2.46. The Morgan fingerprint density at radius 1 is 1.28 bits per heavy atom. The van der Waals surface area contributed by atoms with Gasteiger partial charge in [-0.15, -0.1) is 0 Å². The van der Waals surface area contributed by atoms with Gasteiger partial charge in [0.15, 0.2) is 0 Å². The van der Waals surface area contributed by atoms with Crippen molar-refractivity contribution < 1.29 is 9.53 Å². The van der Waals surface area contributed by atoms with Crippen LogP contribution in [0.4, 0.5) is 5.82 Å². The van der Waals surface area contributed by atoms with Crippen LogP contribution in [0.15, 0.2) is 28.0 Å². The Morgan fingerprint density at radius 2 is 1.97 bits per heavy atom. The number of morpholine rings is 1. The van der Waals surface area contributed by atoms with Crippen molar-refractivity contribution in [2.24, 2.45) is 5.92 Å². The van der Waals surface area contributed by atoms with Crippen LogP contribution in [0.2, 0.25) is 0 Å². The molecule has 9 heteroatoms. The summed E-state index contributed by atoms with van der Waals surface area (Å²) in [5.74, 6) is 0.720. The first kappa shape index (κ1) is 22.9. The van der Waals surface area contributed by atoms with Crippen LogP contribution in [0.1, 0.15) is 38.8 Å². The molecule has 0 radical (unpaired) electrons. The molecule has 0 aliphatic carbocycles. The molecule has 0 N–H and O–H groups in total. The van der Waals surface area contributed by atoms with Gasteiger partial charge in [0.2, 0.25) is 0 Å². The van der Waals surface area contributed by atoms with Crippen LogP contribution in [-0.2, 0) is 9.53 Å². The van der Waals surface area contributed by atoms with E-state index in [4.69, 9.17) is 21.9 Å². The maximum Gasteiger partial charge on any atom is 0.267 e. The number of nitrogens with zero attached hydrogens (tertiary/aromatic N) is 4. The number of rotatable bonds is 4. The van der Waals surface area contributed by atoms with Crippen LogP contribution in [0.3, 0.4) is 0 Å². The minimum Gasteiger partial charge on any atom is -0.372 e. The van der Waals surface area contributed by atoms with Crippen molar-refractivity contribution in [2.45, 2.75) is 46.8 Å². The van der Waals surface area contributed by atoms with Gasteiger partial charge in [0.1, 0.15) is 15.8 Å². The van der Waals surface area contributed by atoms with Gasteiger partial charge in [-0.25, -0.2) is 4.98 Å². The number of carbonyl (C=O) groups excluding carboxylic acids is 1. The third-order valence-electron chi connectivity index (χ3n) is 5.48. The van der Waals surface area contributed by atoms with E-state index in [0.29, 0.717) is 51.8 Å². The fourth-order valence-electron chi connectivity index (χ4n) is 4.17. The number of carbonyl (C=O) groups is 1. The van der Waals surface area contributed by atoms with Crippen molar-refractivity contribution in [3.63, 3.8) is 0 Å². The lowest BCUT2D eigenvalue weighted by Gasteiger charge is -2.36. The Hall–Kier alpha value is -2.23. The summed E-state index contributed by atoms with van der Waals surface area (Å²) in [7, 11) is 0. The molecule has 0 spiro atoms. The molecular formula is C23H28N4O3S2. The van der Waals surface area contributed by atoms with Crippen LogP contribution in [0.25, 0.3) is 11.7 Å². The molecule has 2 aromatic rings. The Kier molecular flexibility index (Phi) is 6.42. The summed E-state index contributed by atoms with van der Waals surface area (Å²) in [5.41, 5.74) is 1.73. The number of hydrogen-bond acceptors (Lipinski definition) is 7. The first-order valence-corrected chi connectivity index (χ1v) is 12.1. The molecule has 0 unspecified atom stereocenters. The standard InChI is InChI=1S/C23H28N4O3S2/c1-13(2)10-27-22(29)18(32-23(27)31)9-17-20(25-11-15(4)30-16(5)12-25)24-19-14(3)7-6-8-26(19)21(17)28/h6-9,13,15-16H,10-12H2,1-5H3/b18-9-/t15-,16+. The Bertz CT molecular complexity index is 1160. The van der Waals surface area contributed by atoms with Gasteiger partial charge >= 0.3 is 0 Å². The highest BCUT2D eigenvalue weighted by Crippen LogP contribution is 2.34. The van der Waals surface area contributed by atoms with Crippen molar-refractivity contribution in [3.05, 3.63) is 44.7 Å². The molecule has 7 nitrogen and oxygen atoms in total. The van der Waals surface area contributed by atoms with E-state index in [0.717, 1.165) is 5.56 Å². The second-order valence-electron chi connectivity index (χ2n) is 8.89. The summed E-state index contributed by atoms with van der Waals surface area (Å²) >= 11 is 6.69. The predicted molar refractivity (Wildman–Crippen MR) is 133 cm³/mol. The minimum atomic E-state index is -0.199. The van der Waals surface area contributed by atoms with Gasteiger partial charge in [-0.3, -0.25) is 18.9 Å². The van der Waals surface area contributed by atoms with Gasteiger partial charge in [0.05, 0.1) is 22.7 Å². The molecule has 2 aliphatic rings. The summed E-state index contributed by atoms with van der Waals surface area (Å²) in [6.45, 7) is 11.8. The average Bonchev–Trinajstić information content (AvgIpc) is 2.96. The number of amides is 1. The molecule has 2 fully saturated rings. The molecule has 32 heavy (non-hydrogen) atoms. The second-order valence-corrected chi connectivity index (χ2v) is 10.6. The molecule has 0 saturated carbocycles. The summed E-state index contributed by atoms with van der Waals surface area (Å²) in [6, 6.07) is 3.77. The first-order chi connectivity index (χ1) is 15.2. The number of ether oxygens (including phenoxy) is 1. The number of aromatic nitrogens is 2. The molecule has 4 heterocycles. The van der Waals surface area contributed by atoms with Crippen molar-refractivity contribution in [1.29, 1.82) is 0 Å². The molecular weight excluding hydrogens is 444 g/mol. The van der Waals surface area contributed by atoms with E-state index in [1.54, 1.807) is 21.6 Å². The van der Waals surface area contributed by atoms with Gasteiger partial charge in [0, 0.05) is 25.8 Å². The summed E-state index contributed by atoms with van der Waals surface area (Å²) in [5, 5.41) is 0. The van der Waals surface area contributed by atoms with Gasteiger partial charge in [-0.1, -0.05) is 43.9 Å². The van der Waals surface area contributed by atoms with Crippen LogP contribution in [0, 0.1) is 12.8 Å². The quantitative estimate of drug-likeness (QED) is 0.499. The number of aryl methyl sites for hydroxylation is 1. The molecule has 170 valence electrons. The third-order valence-corrected chi connectivity index (χ3v) is 6.86. The maximum atomic E-state index is 13.6. The second kappa shape index (κ2) is 8.96. The molecule has 2 saturated heterocycles. The Labute approximate surface area is 197 Å². The summed E-state index contributed by atoms with van der Waals surface area (Å²) in [4.78, 5) is 35.7.